The summed E-state index contributed by atoms with van der Waals surface area (Å²) in [6.07, 6.45) is 8.09. The zero-order chi connectivity index (χ0) is 26.2. The second kappa shape index (κ2) is 13.7. The molecule has 212 valence electrons. The Labute approximate surface area is 221 Å². The molecule has 2 aliphatic carbocycles. The molecule has 3 aliphatic rings. The van der Waals surface area contributed by atoms with Gasteiger partial charge in [-0.25, -0.2) is 0 Å². The van der Waals surface area contributed by atoms with Gasteiger partial charge in [0, 0.05) is 0 Å². The van der Waals surface area contributed by atoms with Gasteiger partial charge in [-0.2, -0.15) is 0 Å². The van der Waals surface area contributed by atoms with E-state index in [0.717, 1.165) is 38.5 Å². The smallest absolute Gasteiger partial charge is 0.0840 e. The van der Waals surface area contributed by atoms with Crippen molar-refractivity contribution in [1.29, 1.82) is 0 Å². The monoisotopic (exact) mass is 512 g/mol. The Morgan fingerprint density at radius 1 is 0.528 bits per heavy atom. The zero-order valence-corrected chi connectivity index (χ0v) is 24.4. The van der Waals surface area contributed by atoms with Crippen molar-refractivity contribution in [3.05, 3.63) is 0 Å². The fourth-order valence-electron chi connectivity index (χ4n) is 6.04. The van der Waals surface area contributed by atoms with Crippen molar-refractivity contribution >= 4 is 0 Å². The Morgan fingerprint density at radius 3 is 1.36 bits per heavy atom. The molecule has 36 heavy (non-hydrogen) atoms. The summed E-state index contributed by atoms with van der Waals surface area (Å²) in [4.78, 5) is 0. The van der Waals surface area contributed by atoms with E-state index in [1.165, 1.54) is 6.42 Å². The first-order valence-corrected chi connectivity index (χ1v) is 14.6. The van der Waals surface area contributed by atoms with Crippen LogP contribution in [0.3, 0.4) is 0 Å². The molecule has 0 aromatic heterocycles. The second-order valence-corrected chi connectivity index (χ2v) is 13.6. The molecule has 1 saturated heterocycles. The third-order valence-corrected chi connectivity index (χ3v) is 9.38. The molecule has 6 atom stereocenters. The summed E-state index contributed by atoms with van der Waals surface area (Å²) in [6, 6.07) is 0. The van der Waals surface area contributed by atoms with Crippen molar-refractivity contribution < 1.29 is 28.4 Å². The van der Waals surface area contributed by atoms with Crippen LogP contribution in [-0.4, -0.2) is 77.3 Å². The standard InChI is InChI=1S/C30H56O6/c1-28(2,3)23-8-9-24-27(22-23)36-21-17-32-16-20-35-26-11-13-30(7,29(4,5)6)12-10-25(26)34-19-15-31-14-18-33-24/h23-27H,8-22H2,1-7H3. The molecule has 1 aliphatic heterocycles. The number of hydrogen-bond acceptors (Lipinski definition) is 6. The number of fused-ring (bicyclic) bond motifs is 2. The van der Waals surface area contributed by atoms with Crippen LogP contribution in [0.25, 0.3) is 0 Å². The minimum atomic E-state index is 0.105. The van der Waals surface area contributed by atoms with E-state index in [2.05, 4.69) is 48.5 Å². The summed E-state index contributed by atoms with van der Waals surface area (Å²) in [5.74, 6) is 0.649. The molecule has 0 radical (unpaired) electrons. The Balaban J connectivity index is 1.55. The molecule has 0 spiro atoms. The third-order valence-electron chi connectivity index (χ3n) is 9.38. The van der Waals surface area contributed by atoms with Crippen molar-refractivity contribution in [2.45, 2.75) is 118 Å². The van der Waals surface area contributed by atoms with E-state index in [1.54, 1.807) is 0 Å². The van der Waals surface area contributed by atoms with E-state index >= 15 is 0 Å². The van der Waals surface area contributed by atoms with Crippen LogP contribution in [0.5, 0.6) is 0 Å². The maximum atomic E-state index is 6.36. The molecule has 0 bridgehead atoms. The van der Waals surface area contributed by atoms with Crippen LogP contribution in [0.4, 0.5) is 0 Å². The van der Waals surface area contributed by atoms with Gasteiger partial charge in [-0.1, -0.05) is 48.5 Å². The summed E-state index contributed by atoms with van der Waals surface area (Å²) in [5, 5.41) is 0. The van der Waals surface area contributed by atoms with Crippen LogP contribution < -0.4 is 0 Å². The van der Waals surface area contributed by atoms with Gasteiger partial charge in [0.25, 0.3) is 0 Å². The molecule has 1 heterocycles. The molecular weight excluding hydrogens is 456 g/mol. The summed E-state index contributed by atoms with van der Waals surface area (Å²) in [6.45, 7) is 21.2. The van der Waals surface area contributed by atoms with E-state index in [1.807, 2.05) is 0 Å². The molecule has 0 aromatic rings. The fraction of sp³-hybridized carbons (Fsp3) is 1.00. The van der Waals surface area contributed by atoms with Crippen molar-refractivity contribution in [1.82, 2.24) is 0 Å². The highest BCUT2D eigenvalue weighted by molar-refractivity contribution is 4.92. The SMILES string of the molecule is CC(C)(C)C1CCC2OCCOCCOC3CCC(C)(C(C)(C)C)CCC3OCCOCCOC2C1. The lowest BCUT2D eigenvalue weighted by molar-refractivity contribution is -0.134. The normalized spacial score (nSPS) is 37.6. The van der Waals surface area contributed by atoms with E-state index in [-0.39, 0.29) is 40.7 Å². The Kier molecular flexibility index (Phi) is 11.5. The van der Waals surface area contributed by atoms with Crippen LogP contribution in [-0.2, 0) is 28.4 Å². The van der Waals surface area contributed by atoms with Gasteiger partial charge in [0.05, 0.1) is 77.3 Å². The zero-order valence-electron chi connectivity index (χ0n) is 24.4. The minimum Gasteiger partial charge on any atom is -0.377 e. The first-order chi connectivity index (χ1) is 17.0. The largest absolute Gasteiger partial charge is 0.377 e. The molecule has 6 unspecified atom stereocenters. The highest BCUT2D eigenvalue weighted by Crippen LogP contribution is 2.48. The van der Waals surface area contributed by atoms with Gasteiger partial charge in [-0.15, -0.1) is 0 Å². The highest BCUT2D eigenvalue weighted by Gasteiger charge is 2.42. The lowest BCUT2D eigenvalue weighted by atomic mass is 9.64. The van der Waals surface area contributed by atoms with E-state index in [4.69, 9.17) is 28.4 Å². The van der Waals surface area contributed by atoms with Crippen molar-refractivity contribution in [3.8, 4) is 0 Å². The lowest BCUT2D eigenvalue weighted by Gasteiger charge is -2.41. The van der Waals surface area contributed by atoms with E-state index in [0.29, 0.717) is 58.8 Å². The second-order valence-electron chi connectivity index (χ2n) is 13.6. The predicted octanol–water partition coefficient (Wildman–Crippen LogP) is 6.05. The maximum absolute atomic E-state index is 6.36. The van der Waals surface area contributed by atoms with Crippen LogP contribution in [0.1, 0.15) is 93.4 Å². The van der Waals surface area contributed by atoms with Crippen LogP contribution in [0, 0.1) is 22.2 Å². The fourth-order valence-corrected chi connectivity index (χ4v) is 6.04. The average Bonchev–Trinajstić information content (AvgIpc) is 2.96. The molecule has 0 aromatic carbocycles. The van der Waals surface area contributed by atoms with Gasteiger partial charge in [-0.05, 0) is 67.1 Å². The van der Waals surface area contributed by atoms with Crippen LogP contribution >= 0.6 is 0 Å². The van der Waals surface area contributed by atoms with Gasteiger partial charge in [0.2, 0.25) is 0 Å². The van der Waals surface area contributed by atoms with Gasteiger partial charge < -0.3 is 28.4 Å². The van der Waals surface area contributed by atoms with E-state index in [9.17, 15) is 0 Å². The van der Waals surface area contributed by atoms with Crippen molar-refractivity contribution in [3.63, 3.8) is 0 Å². The number of rotatable bonds is 0. The summed E-state index contributed by atoms with van der Waals surface area (Å²) >= 11 is 0. The number of ether oxygens (including phenoxy) is 6. The number of hydrogen-bond donors (Lipinski definition) is 0. The van der Waals surface area contributed by atoms with Crippen LogP contribution in [0.15, 0.2) is 0 Å². The Morgan fingerprint density at radius 2 is 0.944 bits per heavy atom. The molecular formula is C30H56O6. The highest BCUT2D eigenvalue weighted by atomic mass is 16.6. The first kappa shape index (κ1) is 30.3. The van der Waals surface area contributed by atoms with Gasteiger partial charge in [0.1, 0.15) is 0 Å². The van der Waals surface area contributed by atoms with Gasteiger partial charge >= 0.3 is 0 Å². The maximum Gasteiger partial charge on any atom is 0.0840 e. The van der Waals surface area contributed by atoms with E-state index < -0.39 is 0 Å². The lowest BCUT2D eigenvalue weighted by Crippen LogP contribution is -2.42. The summed E-state index contributed by atoms with van der Waals surface area (Å²) in [5.41, 5.74) is 0.832. The Hall–Kier alpha value is -0.240. The Bertz CT molecular complexity index is 626. The van der Waals surface area contributed by atoms with Crippen molar-refractivity contribution in [2.75, 3.05) is 52.9 Å². The molecule has 3 rings (SSSR count). The first-order valence-electron chi connectivity index (χ1n) is 14.6. The quantitative estimate of drug-likeness (QED) is 0.394. The molecule has 3 fully saturated rings. The summed E-state index contributed by atoms with van der Waals surface area (Å²) < 4.78 is 37.1. The molecule has 0 amide bonds. The van der Waals surface area contributed by atoms with Gasteiger partial charge in [0.15, 0.2) is 0 Å². The van der Waals surface area contributed by atoms with Gasteiger partial charge in [-0.3, -0.25) is 0 Å². The predicted molar refractivity (Wildman–Crippen MR) is 143 cm³/mol. The minimum absolute atomic E-state index is 0.105. The molecule has 2 saturated carbocycles. The van der Waals surface area contributed by atoms with Crippen LogP contribution in [0.2, 0.25) is 0 Å². The molecule has 6 heteroatoms. The topological polar surface area (TPSA) is 55.4 Å². The molecule has 6 nitrogen and oxygen atoms in total. The molecule has 0 N–H and O–H groups in total. The third kappa shape index (κ3) is 8.91. The average molecular weight is 513 g/mol. The summed E-state index contributed by atoms with van der Waals surface area (Å²) in [7, 11) is 0. The van der Waals surface area contributed by atoms with Crippen molar-refractivity contribution in [2.24, 2.45) is 22.2 Å².